The molecule has 0 aliphatic heterocycles. The zero-order valence-electron chi connectivity index (χ0n) is 12.5. The van der Waals surface area contributed by atoms with Gasteiger partial charge in [-0.05, 0) is 49.7 Å². The molecule has 0 heterocycles. The first-order valence-corrected chi connectivity index (χ1v) is 7.24. The molecule has 110 valence electrons. The van der Waals surface area contributed by atoms with Crippen molar-refractivity contribution in [2.24, 2.45) is 22.7 Å². The number of aryl methyl sites for hydroxylation is 1. The molecular weight excluding hydrogens is 252 g/mol. The fourth-order valence-electron chi connectivity index (χ4n) is 3.09. The van der Waals surface area contributed by atoms with Crippen molar-refractivity contribution in [1.82, 2.24) is 0 Å². The van der Waals surface area contributed by atoms with Crippen molar-refractivity contribution in [3.8, 4) is 5.75 Å². The maximum absolute atomic E-state index is 8.76. The number of nitrogens with zero attached hydrogens (tertiary/aromatic N) is 1. The molecule has 3 N–H and O–H groups in total. The van der Waals surface area contributed by atoms with Gasteiger partial charge in [0.05, 0.1) is 6.10 Å². The van der Waals surface area contributed by atoms with E-state index in [9.17, 15) is 0 Å². The Labute approximate surface area is 120 Å². The fraction of sp³-hybridized carbons (Fsp3) is 0.562. The van der Waals surface area contributed by atoms with Gasteiger partial charge < -0.3 is 15.7 Å². The van der Waals surface area contributed by atoms with Gasteiger partial charge in [0.15, 0.2) is 5.84 Å². The molecule has 1 aliphatic carbocycles. The molecule has 20 heavy (non-hydrogen) atoms. The quantitative estimate of drug-likeness (QED) is 0.385. The molecule has 0 saturated heterocycles. The van der Waals surface area contributed by atoms with Crippen LogP contribution in [0.25, 0.3) is 0 Å². The smallest absolute Gasteiger partial charge is 0.170 e. The minimum absolute atomic E-state index is 0.111. The van der Waals surface area contributed by atoms with Crippen LogP contribution < -0.4 is 10.5 Å². The lowest BCUT2D eigenvalue weighted by atomic mass is 9.82. The number of hydrogen-bond acceptors (Lipinski definition) is 3. The molecule has 0 radical (unpaired) electrons. The van der Waals surface area contributed by atoms with Crippen molar-refractivity contribution in [1.29, 1.82) is 0 Å². The van der Waals surface area contributed by atoms with Crippen LogP contribution in [-0.2, 0) is 0 Å². The van der Waals surface area contributed by atoms with Crippen LogP contribution in [0.3, 0.4) is 0 Å². The molecule has 1 aromatic rings. The van der Waals surface area contributed by atoms with Gasteiger partial charge in [-0.25, -0.2) is 0 Å². The maximum atomic E-state index is 8.76. The highest BCUT2D eigenvalue weighted by Crippen LogP contribution is 2.32. The van der Waals surface area contributed by atoms with E-state index in [-0.39, 0.29) is 11.9 Å². The summed E-state index contributed by atoms with van der Waals surface area (Å²) in [5.74, 6) is 2.35. The normalized spacial score (nSPS) is 27.4. The zero-order valence-corrected chi connectivity index (χ0v) is 12.5. The molecule has 4 nitrogen and oxygen atoms in total. The number of nitrogens with two attached hydrogens (primary N) is 1. The predicted octanol–water partition coefficient (Wildman–Crippen LogP) is 3.29. The second-order valence-electron chi connectivity index (χ2n) is 6.12. The third-order valence-corrected chi connectivity index (χ3v) is 4.02. The Bertz CT molecular complexity index is 489. The van der Waals surface area contributed by atoms with E-state index in [0.29, 0.717) is 17.4 Å². The van der Waals surface area contributed by atoms with Gasteiger partial charge in [-0.3, -0.25) is 0 Å². The summed E-state index contributed by atoms with van der Waals surface area (Å²) >= 11 is 0. The first-order valence-electron chi connectivity index (χ1n) is 7.24. The molecule has 2 rings (SSSR count). The standard InChI is InChI=1S/C16H24N2O2/c1-10-6-11(2)8-14(7-10)20-15-9-13(16(17)18-19)5-4-12(15)3/h4-5,9-11,14,19H,6-8H2,1-3H3,(H2,17,18). The van der Waals surface area contributed by atoms with E-state index in [1.165, 1.54) is 6.42 Å². The van der Waals surface area contributed by atoms with E-state index >= 15 is 0 Å². The minimum Gasteiger partial charge on any atom is -0.490 e. The Hall–Kier alpha value is -1.71. The highest BCUT2D eigenvalue weighted by molar-refractivity contribution is 5.97. The van der Waals surface area contributed by atoms with Gasteiger partial charge in [0, 0.05) is 5.56 Å². The van der Waals surface area contributed by atoms with Crippen LogP contribution >= 0.6 is 0 Å². The van der Waals surface area contributed by atoms with Gasteiger partial charge in [0.2, 0.25) is 0 Å². The zero-order chi connectivity index (χ0) is 14.7. The van der Waals surface area contributed by atoms with E-state index in [0.717, 1.165) is 24.2 Å². The predicted molar refractivity (Wildman–Crippen MR) is 80.3 cm³/mol. The largest absolute Gasteiger partial charge is 0.490 e. The molecule has 0 aromatic heterocycles. The third kappa shape index (κ3) is 3.44. The van der Waals surface area contributed by atoms with Crippen LogP contribution in [0.4, 0.5) is 0 Å². The van der Waals surface area contributed by atoms with Gasteiger partial charge in [-0.1, -0.05) is 31.1 Å². The lowest BCUT2D eigenvalue weighted by molar-refractivity contribution is 0.100. The summed E-state index contributed by atoms with van der Waals surface area (Å²) in [6.45, 7) is 6.58. The van der Waals surface area contributed by atoms with Crippen molar-refractivity contribution >= 4 is 5.84 Å². The maximum Gasteiger partial charge on any atom is 0.170 e. The Kier molecular flexibility index (Phi) is 4.53. The average molecular weight is 276 g/mol. The molecule has 2 unspecified atom stereocenters. The van der Waals surface area contributed by atoms with Gasteiger partial charge >= 0.3 is 0 Å². The van der Waals surface area contributed by atoms with Crippen molar-refractivity contribution in [3.63, 3.8) is 0 Å². The van der Waals surface area contributed by atoms with Crippen LogP contribution in [0.2, 0.25) is 0 Å². The molecule has 1 saturated carbocycles. The van der Waals surface area contributed by atoms with Gasteiger partial charge in [0.25, 0.3) is 0 Å². The Balaban J connectivity index is 2.16. The molecule has 1 aliphatic rings. The van der Waals surface area contributed by atoms with Gasteiger partial charge in [-0.15, -0.1) is 0 Å². The summed E-state index contributed by atoms with van der Waals surface area (Å²) in [7, 11) is 0. The summed E-state index contributed by atoms with van der Waals surface area (Å²) in [4.78, 5) is 0. The highest BCUT2D eigenvalue weighted by atomic mass is 16.5. The monoisotopic (exact) mass is 276 g/mol. The van der Waals surface area contributed by atoms with Crippen molar-refractivity contribution in [2.45, 2.75) is 46.1 Å². The van der Waals surface area contributed by atoms with E-state index < -0.39 is 0 Å². The number of ether oxygens (including phenoxy) is 1. The number of amidine groups is 1. The van der Waals surface area contributed by atoms with Crippen molar-refractivity contribution in [2.75, 3.05) is 0 Å². The molecule has 0 amide bonds. The number of hydrogen-bond donors (Lipinski definition) is 2. The summed E-state index contributed by atoms with van der Waals surface area (Å²) < 4.78 is 6.17. The molecular formula is C16H24N2O2. The van der Waals surface area contributed by atoms with Crippen molar-refractivity contribution in [3.05, 3.63) is 29.3 Å². The molecule has 4 heteroatoms. The third-order valence-electron chi connectivity index (χ3n) is 4.02. The summed E-state index contributed by atoms with van der Waals surface area (Å²) in [6.07, 6.45) is 3.73. The SMILES string of the molecule is Cc1ccc(/C(N)=N/O)cc1OC1CC(C)CC(C)C1. The molecule has 1 aromatic carbocycles. The molecule has 1 fully saturated rings. The lowest BCUT2D eigenvalue weighted by Crippen LogP contribution is -2.28. The van der Waals surface area contributed by atoms with Crippen LogP contribution in [0.5, 0.6) is 5.75 Å². The lowest BCUT2D eigenvalue weighted by Gasteiger charge is -2.32. The van der Waals surface area contributed by atoms with E-state index in [4.69, 9.17) is 15.7 Å². The Morgan fingerprint density at radius 2 is 1.90 bits per heavy atom. The summed E-state index contributed by atoms with van der Waals surface area (Å²) in [6, 6.07) is 5.64. The van der Waals surface area contributed by atoms with Crippen LogP contribution in [0.15, 0.2) is 23.4 Å². The number of benzene rings is 1. The molecule has 2 atom stereocenters. The Morgan fingerprint density at radius 3 is 2.50 bits per heavy atom. The fourth-order valence-corrected chi connectivity index (χ4v) is 3.09. The topological polar surface area (TPSA) is 67.8 Å². The van der Waals surface area contributed by atoms with Crippen LogP contribution in [0, 0.1) is 18.8 Å². The van der Waals surface area contributed by atoms with Gasteiger partial charge in [-0.2, -0.15) is 0 Å². The average Bonchev–Trinajstić information content (AvgIpc) is 2.39. The Morgan fingerprint density at radius 1 is 1.25 bits per heavy atom. The minimum atomic E-state index is 0.111. The second-order valence-corrected chi connectivity index (χ2v) is 6.12. The first-order chi connectivity index (χ1) is 9.49. The van der Waals surface area contributed by atoms with Crippen LogP contribution in [0.1, 0.15) is 44.2 Å². The number of rotatable bonds is 3. The van der Waals surface area contributed by atoms with E-state index in [2.05, 4.69) is 19.0 Å². The summed E-state index contributed by atoms with van der Waals surface area (Å²) in [5, 5.41) is 11.8. The molecule has 0 spiro atoms. The highest BCUT2D eigenvalue weighted by Gasteiger charge is 2.25. The summed E-state index contributed by atoms with van der Waals surface area (Å²) in [5.41, 5.74) is 7.39. The van der Waals surface area contributed by atoms with E-state index in [1.54, 1.807) is 0 Å². The van der Waals surface area contributed by atoms with E-state index in [1.807, 2.05) is 25.1 Å². The number of oxime groups is 1. The molecule has 0 bridgehead atoms. The van der Waals surface area contributed by atoms with Crippen molar-refractivity contribution < 1.29 is 9.94 Å². The van der Waals surface area contributed by atoms with Crippen LogP contribution in [-0.4, -0.2) is 17.1 Å². The second kappa shape index (κ2) is 6.16. The first kappa shape index (κ1) is 14.7. The van der Waals surface area contributed by atoms with Gasteiger partial charge in [0.1, 0.15) is 5.75 Å².